The first kappa shape index (κ1) is 28.0. The number of aromatic nitrogens is 4. The molecule has 10 heteroatoms. The molecule has 3 aromatic heterocycles. The molecule has 1 aromatic carbocycles. The Morgan fingerprint density at radius 2 is 1.87 bits per heavy atom. The molecule has 1 amide bonds. The third-order valence-electron chi connectivity index (χ3n) is 6.59. The number of amides is 1. The Kier molecular flexibility index (Phi) is 9.43. The van der Waals surface area contributed by atoms with E-state index in [1.807, 2.05) is 35.0 Å². The van der Waals surface area contributed by atoms with Gasteiger partial charge < -0.3 is 20.6 Å². The summed E-state index contributed by atoms with van der Waals surface area (Å²) in [6, 6.07) is 17.2. The average Bonchev–Trinajstić information content (AvgIpc) is 3.61. The summed E-state index contributed by atoms with van der Waals surface area (Å²) in [5, 5.41) is 12.6. The van der Waals surface area contributed by atoms with E-state index < -0.39 is 12.5 Å². The molecule has 0 spiro atoms. The smallest absolute Gasteiger partial charge is 0.243 e. The van der Waals surface area contributed by atoms with Crippen molar-refractivity contribution in [1.29, 1.82) is 0 Å². The van der Waals surface area contributed by atoms with Crippen molar-refractivity contribution in [2.24, 2.45) is 5.73 Å². The maximum Gasteiger partial charge on any atom is 0.243 e. The summed E-state index contributed by atoms with van der Waals surface area (Å²) in [6.07, 6.45) is 6.03. The number of fused-ring (bicyclic) bond motifs is 1. The minimum atomic E-state index is -0.690. The van der Waals surface area contributed by atoms with Gasteiger partial charge in [-0.3, -0.25) is 4.79 Å². The third kappa shape index (κ3) is 6.69. The van der Waals surface area contributed by atoms with Gasteiger partial charge in [-0.2, -0.15) is 0 Å². The van der Waals surface area contributed by atoms with Gasteiger partial charge in [0.25, 0.3) is 0 Å². The maximum atomic E-state index is 13.9. The summed E-state index contributed by atoms with van der Waals surface area (Å²) in [5.41, 5.74) is 7.90. The highest BCUT2D eigenvalue weighted by molar-refractivity contribution is 5.74. The molecule has 4 heterocycles. The molecule has 0 aliphatic carbocycles. The van der Waals surface area contributed by atoms with Gasteiger partial charge in [0.15, 0.2) is 5.65 Å². The second-order valence-corrected chi connectivity index (χ2v) is 9.50. The van der Waals surface area contributed by atoms with Gasteiger partial charge >= 0.3 is 0 Å². The largest absolute Gasteiger partial charge is 0.387 e. The number of aliphatic hydroxyl groups is 1. The van der Waals surface area contributed by atoms with Crippen molar-refractivity contribution in [2.45, 2.75) is 45.6 Å². The van der Waals surface area contributed by atoms with Crippen LogP contribution < -0.4 is 15.5 Å². The number of pyridine rings is 1. The van der Waals surface area contributed by atoms with Crippen LogP contribution in [0.1, 0.15) is 51.1 Å². The monoisotopic (exact) mass is 533 g/mol. The first-order valence-corrected chi connectivity index (χ1v) is 13.4. The number of carbonyl (C=O) groups is 1. The topological polar surface area (TPSA) is 113 Å². The van der Waals surface area contributed by atoms with E-state index in [0.29, 0.717) is 0 Å². The number of primary amides is 1. The minimum absolute atomic E-state index is 0.116. The van der Waals surface area contributed by atoms with Gasteiger partial charge in [-0.05, 0) is 67.6 Å². The van der Waals surface area contributed by atoms with Gasteiger partial charge in [-0.1, -0.05) is 32.0 Å². The second-order valence-electron chi connectivity index (χ2n) is 9.50. The van der Waals surface area contributed by atoms with E-state index in [2.05, 4.69) is 46.5 Å². The Hall–Kier alpha value is -4.05. The molecule has 9 nitrogen and oxygen atoms in total. The fourth-order valence-corrected chi connectivity index (χ4v) is 4.92. The maximum absolute atomic E-state index is 13.9. The normalized spacial score (nSPS) is 14.8. The van der Waals surface area contributed by atoms with Crippen molar-refractivity contribution in [3.8, 4) is 11.4 Å². The third-order valence-corrected chi connectivity index (χ3v) is 6.59. The molecule has 1 saturated heterocycles. The Labute approximate surface area is 228 Å². The summed E-state index contributed by atoms with van der Waals surface area (Å²) >= 11 is 0. The zero-order chi connectivity index (χ0) is 27.8. The van der Waals surface area contributed by atoms with Crippen molar-refractivity contribution < 1.29 is 14.3 Å². The SMILES string of the molecule is CCCN(CCC)c1cccc(-c2cnc3ccc(N4CCC[C@@H]4c4cccc(F)c4)nn23)n1.NC(=O)CO. The number of carbonyl (C=O) groups excluding carboxylic acids is 1. The van der Waals surface area contributed by atoms with E-state index in [4.69, 9.17) is 15.2 Å². The lowest BCUT2D eigenvalue weighted by molar-refractivity contribution is -0.120. The lowest BCUT2D eigenvalue weighted by Gasteiger charge is -2.26. The van der Waals surface area contributed by atoms with E-state index in [0.717, 1.165) is 79.6 Å². The Bertz CT molecular complexity index is 1390. The zero-order valence-corrected chi connectivity index (χ0v) is 22.5. The molecule has 0 saturated carbocycles. The van der Waals surface area contributed by atoms with Crippen LogP contribution in [0.25, 0.3) is 17.0 Å². The number of rotatable bonds is 9. The van der Waals surface area contributed by atoms with E-state index in [1.165, 1.54) is 6.07 Å². The molecule has 0 bridgehead atoms. The lowest BCUT2D eigenvalue weighted by atomic mass is 10.0. The number of nitrogens with zero attached hydrogens (tertiary/aromatic N) is 6. The van der Waals surface area contributed by atoms with Crippen molar-refractivity contribution in [1.82, 2.24) is 19.6 Å². The van der Waals surface area contributed by atoms with Gasteiger partial charge in [0.2, 0.25) is 5.91 Å². The molecule has 0 unspecified atom stereocenters. The molecule has 1 fully saturated rings. The molecule has 1 aliphatic rings. The van der Waals surface area contributed by atoms with Gasteiger partial charge in [-0.15, -0.1) is 5.10 Å². The van der Waals surface area contributed by atoms with Crippen molar-refractivity contribution in [2.75, 3.05) is 36.0 Å². The second kappa shape index (κ2) is 13.1. The first-order chi connectivity index (χ1) is 18.9. The fraction of sp³-hybridized carbons (Fsp3) is 0.379. The number of hydrogen-bond acceptors (Lipinski definition) is 7. The van der Waals surface area contributed by atoms with Crippen LogP contribution in [0.2, 0.25) is 0 Å². The van der Waals surface area contributed by atoms with Crippen LogP contribution in [0.4, 0.5) is 16.0 Å². The first-order valence-electron chi connectivity index (χ1n) is 13.4. The standard InChI is InChI=1S/C27H31FN6.C2H5NO2/c1-3-15-32(16-4-2)26-12-6-10-22(30-26)24-19-29-25-13-14-27(31-34(24)25)33-17-7-11-23(33)20-8-5-9-21(28)18-20;3-2(5)1-4/h5-6,8-10,12-14,18-19,23H,3-4,7,11,15-17H2,1-2H3;4H,1H2,(H2,3,5)/t23-;/m1./s1. The van der Waals surface area contributed by atoms with Crippen molar-refractivity contribution >= 4 is 23.2 Å². The van der Waals surface area contributed by atoms with Gasteiger partial charge in [-0.25, -0.2) is 18.9 Å². The summed E-state index contributed by atoms with van der Waals surface area (Å²) in [6.45, 7) is 6.68. The lowest BCUT2D eigenvalue weighted by Crippen LogP contribution is -2.25. The summed E-state index contributed by atoms with van der Waals surface area (Å²) in [5.74, 6) is 0.965. The molecule has 4 aromatic rings. The van der Waals surface area contributed by atoms with Crippen LogP contribution in [0.15, 0.2) is 60.8 Å². The van der Waals surface area contributed by atoms with Crippen LogP contribution >= 0.6 is 0 Å². The Balaban J connectivity index is 0.000000648. The van der Waals surface area contributed by atoms with Crippen LogP contribution in [0.5, 0.6) is 0 Å². The molecule has 3 N–H and O–H groups in total. The van der Waals surface area contributed by atoms with Crippen LogP contribution in [-0.4, -0.2) is 56.8 Å². The highest BCUT2D eigenvalue weighted by atomic mass is 19.1. The number of aliphatic hydroxyl groups excluding tert-OH is 1. The number of halogens is 1. The predicted octanol–water partition coefficient (Wildman–Crippen LogP) is 4.36. The van der Waals surface area contributed by atoms with E-state index in [-0.39, 0.29) is 11.9 Å². The van der Waals surface area contributed by atoms with Crippen LogP contribution in [0, 0.1) is 5.82 Å². The molecule has 1 aliphatic heterocycles. The molecular formula is C29H36FN7O2. The number of imidazole rings is 1. The summed E-state index contributed by atoms with van der Waals surface area (Å²) in [7, 11) is 0. The van der Waals surface area contributed by atoms with E-state index in [1.54, 1.807) is 12.1 Å². The quantitative estimate of drug-likeness (QED) is 0.329. The fourth-order valence-electron chi connectivity index (χ4n) is 4.92. The van der Waals surface area contributed by atoms with E-state index in [9.17, 15) is 9.18 Å². The molecule has 206 valence electrons. The number of nitrogens with two attached hydrogens (primary N) is 1. The summed E-state index contributed by atoms with van der Waals surface area (Å²) < 4.78 is 15.8. The number of benzene rings is 1. The number of hydrogen-bond donors (Lipinski definition) is 2. The molecule has 5 rings (SSSR count). The Morgan fingerprint density at radius 3 is 2.56 bits per heavy atom. The minimum Gasteiger partial charge on any atom is -0.387 e. The molecule has 39 heavy (non-hydrogen) atoms. The average molecular weight is 534 g/mol. The van der Waals surface area contributed by atoms with Crippen molar-refractivity contribution in [3.63, 3.8) is 0 Å². The van der Waals surface area contributed by atoms with Crippen molar-refractivity contribution in [3.05, 3.63) is 72.2 Å². The number of anilines is 2. The highest BCUT2D eigenvalue weighted by Crippen LogP contribution is 2.35. The highest BCUT2D eigenvalue weighted by Gasteiger charge is 2.28. The van der Waals surface area contributed by atoms with Gasteiger partial charge in [0, 0.05) is 19.6 Å². The van der Waals surface area contributed by atoms with Crippen LogP contribution in [0.3, 0.4) is 0 Å². The molecular weight excluding hydrogens is 497 g/mol. The van der Waals surface area contributed by atoms with Gasteiger partial charge in [0.1, 0.15) is 29.8 Å². The summed E-state index contributed by atoms with van der Waals surface area (Å²) in [4.78, 5) is 23.5. The predicted molar refractivity (Wildman–Crippen MR) is 151 cm³/mol. The van der Waals surface area contributed by atoms with E-state index >= 15 is 0 Å². The molecule has 0 radical (unpaired) electrons. The molecule has 1 atom stereocenters. The Morgan fingerprint density at radius 1 is 1.13 bits per heavy atom. The van der Waals surface area contributed by atoms with Crippen LogP contribution in [-0.2, 0) is 4.79 Å². The zero-order valence-electron chi connectivity index (χ0n) is 22.5. The van der Waals surface area contributed by atoms with Gasteiger partial charge in [0.05, 0.1) is 17.9 Å².